The van der Waals surface area contributed by atoms with E-state index in [-0.39, 0.29) is 25.0 Å². The number of hydrogen-bond donors (Lipinski definition) is 1. The van der Waals surface area contributed by atoms with Crippen LogP contribution < -0.4 is 10.5 Å². The quantitative estimate of drug-likeness (QED) is 0.343. The molecule has 0 radical (unpaired) electrons. The van der Waals surface area contributed by atoms with Gasteiger partial charge in [-0.05, 0) is 53.1 Å². The van der Waals surface area contributed by atoms with E-state index < -0.39 is 0 Å². The first-order chi connectivity index (χ1) is 13.2. The normalized spacial score (nSPS) is 12.3. The van der Waals surface area contributed by atoms with Crippen LogP contribution in [0.25, 0.3) is 20.9 Å². The highest BCUT2D eigenvalue weighted by Gasteiger charge is 2.09. The maximum Gasteiger partial charge on any atom is 0.119 e. The summed E-state index contributed by atoms with van der Waals surface area (Å²) in [6.07, 6.45) is 1.41. The fourth-order valence-corrected chi connectivity index (χ4v) is 2.68. The minimum Gasteiger partial charge on any atom is -0.494 e. The lowest BCUT2D eigenvalue weighted by molar-refractivity contribution is 0.281. The number of nitrogens with two attached hydrogens (primary N) is 1. The molecular weight excluding hydrogens is 342 g/mol. The van der Waals surface area contributed by atoms with E-state index in [9.17, 15) is 0 Å². The Kier molecular flexibility index (Phi) is 8.53. The maximum absolute atomic E-state index is 8.42. The molecule has 140 valence electrons. The van der Waals surface area contributed by atoms with Crippen molar-refractivity contribution in [3.05, 3.63) is 86.6 Å². The van der Waals surface area contributed by atoms with Gasteiger partial charge in [0.1, 0.15) is 5.75 Å². The molecule has 0 aliphatic carbocycles. The van der Waals surface area contributed by atoms with Crippen LogP contribution in [0, 0.1) is 5.92 Å². The van der Waals surface area contributed by atoms with Gasteiger partial charge < -0.3 is 10.5 Å². The summed E-state index contributed by atoms with van der Waals surface area (Å²) in [7, 11) is 0. The van der Waals surface area contributed by atoms with E-state index in [1.165, 1.54) is 5.56 Å². The Morgan fingerprint density at radius 1 is 0.926 bits per heavy atom. The Labute approximate surface area is 158 Å². The van der Waals surface area contributed by atoms with Crippen LogP contribution in [0.1, 0.15) is 23.6 Å². The van der Waals surface area contributed by atoms with Gasteiger partial charge in [-0.3, -0.25) is 0 Å². The Balaban J connectivity index is 1.83. The highest BCUT2D eigenvalue weighted by Crippen LogP contribution is 2.20. The molecule has 2 rings (SSSR count). The van der Waals surface area contributed by atoms with Gasteiger partial charge in [0, 0.05) is 29.0 Å². The van der Waals surface area contributed by atoms with E-state index in [0.29, 0.717) is 13.0 Å². The Morgan fingerprint density at radius 3 is 2.15 bits per heavy atom. The highest BCUT2D eigenvalue weighted by molar-refractivity contribution is 5.30. The maximum atomic E-state index is 8.42. The first-order valence-electron chi connectivity index (χ1n) is 8.77. The molecule has 1 unspecified atom stereocenters. The lowest BCUT2D eigenvalue weighted by Crippen LogP contribution is -2.14. The van der Waals surface area contributed by atoms with Crippen molar-refractivity contribution in [1.29, 1.82) is 0 Å². The van der Waals surface area contributed by atoms with Crippen molar-refractivity contribution in [2.75, 3.05) is 19.7 Å². The van der Waals surface area contributed by atoms with Crippen molar-refractivity contribution in [3.8, 4) is 5.75 Å². The molecule has 0 heterocycles. The third-order valence-corrected chi connectivity index (χ3v) is 4.21. The molecular formula is C19H23N7O. The Bertz CT molecular complexity index is 761. The summed E-state index contributed by atoms with van der Waals surface area (Å²) in [6, 6.07) is 17.8. The zero-order chi connectivity index (χ0) is 19.3. The van der Waals surface area contributed by atoms with Crippen LogP contribution >= 0.6 is 0 Å². The van der Waals surface area contributed by atoms with Gasteiger partial charge in [-0.25, -0.2) is 0 Å². The van der Waals surface area contributed by atoms with Crippen molar-refractivity contribution in [2.45, 2.75) is 18.9 Å². The number of azide groups is 2. The van der Waals surface area contributed by atoms with Gasteiger partial charge in [0.2, 0.25) is 0 Å². The van der Waals surface area contributed by atoms with Gasteiger partial charge in [-0.2, -0.15) is 0 Å². The number of hydrogen-bond acceptors (Lipinski definition) is 4. The van der Waals surface area contributed by atoms with E-state index in [4.69, 9.17) is 21.5 Å². The second kappa shape index (κ2) is 11.4. The van der Waals surface area contributed by atoms with Crippen LogP contribution in [0.2, 0.25) is 0 Å². The summed E-state index contributed by atoms with van der Waals surface area (Å²) < 4.78 is 5.74. The van der Waals surface area contributed by atoms with Crippen molar-refractivity contribution in [2.24, 2.45) is 21.9 Å². The van der Waals surface area contributed by atoms with Crippen LogP contribution in [0.15, 0.2) is 64.8 Å². The number of nitrogens with zero attached hydrogens (tertiary/aromatic N) is 6. The van der Waals surface area contributed by atoms with Crippen LogP contribution in [0.5, 0.6) is 5.75 Å². The molecule has 2 aromatic carbocycles. The van der Waals surface area contributed by atoms with Gasteiger partial charge >= 0.3 is 0 Å². The number of rotatable bonds is 11. The first kappa shape index (κ1) is 20.1. The summed E-state index contributed by atoms with van der Waals surface area (Å²) in [5.41, 5.74) is 25.4. The molecule has 8 nitrogen and oxygen atoms in total. The van der Waals surface area contributed by atoms with Crippen molar-refractivity contribution in [1.82, 2.24) is 0 Å². The molecule has 0 spiro atoms. The van der Waals surface area contributed by atoms with Gasteiger partial charge in [0.05, 0.1) is 6.61 Å². The second-order valence-corrected chi connectivity index (χ2v) is 6.20. The first-order valence-corrected chi connectivity index (χ1v) is 8.77. The monoisotopic (exact) mass is 365 g/mol. The lowest BCUT2D eigenvalue weighted by atomic mass is 10.00. The summed E-state index contributed by atoms with van der Waals surface area (Å²) in [5.74, 6) is 0.715. The van der Waals surface area contributed by atoms with E-state index in [1.807, 2.05) is 42.5 Å². The molecule has 0 aromatic heterocycles. The summed E-state index contributed by atoms with van der Waals surface area (Å²) in [4.78, 5) is 5.49. The van der Waals surface area contributed by atoms with Crippen molar-refractivity contribution >= 4 is 0 Å². The predicted octanol–water partition coefficient (Wildman–Crippen LogP) is 4.93. The fourth-order valence-electron chi connectivity index (χ4n) is 2.68. The summed E-state index contributed by atoms with van der Waals surface area (Å²) in [5, 5.41) is 7.09. The SMILES string of the molecule is [N-]=[N+]=NCC(CCOc1ccc(C(N)Cc2ccccc2)cc1)CN=[N+]=[N-]. The largest absolute Gasteiger partial charge is 0.494 e. The van der Waals surface area contributed by atoms with E-state index in [1.54, 1.807) is 0 Å². The van der Waals surface area contributed by atoms with Gasteiger partial charge in [-0.1, -0.05) is 52.7 Å². The molecule has 0 amide bonds. The van der Waals surface area contributed by atoms with Crippen LogP contribution in [-0.2, 0) is 6.42 Å². The predicted molar refractivity (Wildman–Crippen MR) is 105 cm³/mol. The molecule has 0 fully saturated rings. The topological polar surface area (TPSA) is 133 Å². The molecule has 0 aliphatic rings. The number of ether oxygens (including phenoxy) is 1. The highest BCUT2D eigenvalue weighted by atomic mass is 16.5. The van der Waals surface area contributed by atoms with Crippen LogP contribution in [-0.4, -0.2) is 19.7 Å². The van der Waals surface area contributed by atoms with Crippen molar-refractivity contribution < 1.29 is 4.74 Å². The third kappa shape index (κ3) is 7.30. The minimum absolute atomic E-state index is 0.0321. The molecule has 1 atom stereocenters. The fraction of sp³-hybridized carbons (Fsp3) is 0.368. The molecule has 0 aliphatic heterocycles. The zero-order valence-corrected chi connectivity index (χ0v) is 15.1. The lowest BCUT2D eigenvalue weighted by Gasteiger charge is -2.14. The zero-order valence-electron chi connectivity index (χ0n) is 15.1. The summed E-state index contributed by atoms with van der Waals surface area (Å²) in [6.45, 7) is 1.01. The molecule has 0 bridgehead atoms. The molecule has 2 aromatic rings. The second-order valence-electron chi connectivity index (χ2n) is 6.20. The molecule has 0 saturated carbocycles. The summed E-state index contributed by atoms with van der Waals surface area (Å²) >= 11 is 0. The Hall–Kier alpha value is -3.18. The molecule has 2 N–H and O–H groups in total. The Morgan fingerprint density at radius 2 is 1.56 bits per heavy atom. The van der Waals surface area contributed by atoms with Crippen LogP contribution in [0.3, 0.4) is 0 Å². The third-order valence-electron chi connectivity index (χ3n) is 4.21. The van der Waals surface area contributed by atoms with E-state index in [2.05, 4.69) is 32.2 Å². The standard InChI is InChI=1S/C19H23N7O/c20-19(12-15-4-2-1-3-5-15)17-6-8-18(9-7-17)27-11-10-16(13-23-25-21)14-24-26-22/h1-9,16,19H,10-14,20H2. The number of benzene rings is 2. The molecule has 0 saturated heterocycles. The van der Waals surface area contributed by atoms with Gasteiger partial charge in [0.25, 0.3) is 0 Å². The minimum atomic E-state index is -0.0708. The van der Waals surface area contributed by atoms with E-state index >= 15 is 0 Å². The van der Waals surface area contributed by atoms with E-state index in [0.717, 1.165) is 17.7 Å². The molecule has 8 heteroatoms. The van der Waals surface area contributed by atoms with Gasteiger partial charge in [0.15, 0.2) is 0 Å². The average Bonchev–Trinajstić information content (AvgIpc) is 2.71. The molecule has 27 heavy (non-hydrogen) atoms. The smallest absolute Gasteiger partial charge is 0.119 e. The van der Waals surface area contributed by atoms with Crippen molar-refractivity contribution in [3.63, 3.8) is 0 Å². The average molecular weight is 365 g/mol. The van der Waals surface area contributed by atoms with Crippen LogP contribution in [0.4, 0.5) is 0 Å². The van der Waals surface area contributed by atoms with Gasteiger partial charge in [-0.15, -0.1) is 0 Å².